The fraction of sp³-hybridized carbons (Fsp3) is 0.431. The smallest absolute Gasteiger partial charge is 0.0544 e. The molecule has 0 atom stereocenters. The standard InChI is InChI=1S/C144H169N/c1-15-21-27-33-39-53-85-142(86-54-40-34-28-22-16-2)121-68-50-47-63-108(121)117-91-102(77-83-124(117)142)104-73-79-111-113-81-75-106(95-128(113)139(9,10)126(111)93-104)136-100(7)61-59-71-133(136)145(135-99-132-138(116-67-46-45-66-115(116)135)120-98-131-119(97-130(120)141(132,13)14)110-65-49-52-70-123(110)144(131,89-57-43-37-31-25-19-5)90-58-44-38-32-26-20-6)134-72-60-62-101(8)137(134)107-76-82-114-112-80-74-105(94-127(112)140(11,12)129(114)96-107)103-78-84-125-118(92-103)109-64-48-51-69-122(109)143(125,87-55-41-35-29-23-17-3)88-56-42-36-30-24-18-4/h45-52,59-84,91-99H,15-44,53-58,85-90H2,1-14H3. The fourth-order valence-corrected chi connectivity index (χ4v) is 29.2. The second-order valence-corrected chi connectivity index (χ2v) is 47.5. The first-order chi connectivity index (χ1) is 70.8. The molecule has 750 valence electrons. The van der Waals surface area contributed by atoms with Gasteiger partial charge in [-0.15, -0.1) is 0 Å². The molecule has 14 aromatic carbocycles. The maximum absolute atomic E-state index is 2.80. The van der Waals surface area contributed by atoms with Gasteiger partial charge in [0.1, 0.15) is 0 Å². The lowest BCUT2D eigenvalue weighted by Crippen LogP contribution is -2.26. The first-order valence-electron chi connectivity index (χ1n) is 58.7. The summed E-state index contributed by atoms with van der Waals surface area (Å²) in [6, 6.07) is 107. The van der Waals surface area contributed by atoms with Crippen LogP contribution in [0, 0.1) is 13.8 Å². The lowest BCUT2D eigenvalue weighted by molar-refractivity contribution is 0.398. The highest BCUT2D eigenvalue weighted by molar-refractivity contribution is 6.13. The van der Waals surface area contributed by atoms with Crippen LogP contribution >= 0.6 is 0 Å². The monoisotopic (exact) mass is 1910 g/mol. The maximum atomic E-state index is 2.80. The Kier molecular flexibility index (Phi) is 30.7. The minimum atomic E-state index is -0.357. The van der Waals surface area contributed by atoms with Crippen LogP contribution in [0.1, 0.15) is 431 Å². The zero-order valence-electron chi connectivity index (χ0n) is 91.5. The fourth-order valence-electron chi connectivity index (χ4n) is 29.2. The Morgan fingerprint density at radius 1 is 0.172 bits per heavy atom. The molecule has 6 aliphatic carbocycles. The first kappa shape index (κ1) is 101. The molecule has 0 unspecified atom stereocenters. The zero-order chi connectivity index (χ0) is 100. The molecule has 0 radical (unpaired) electrons. The van der Waals surface area contributed by atoms with Gasteiger partial charge in [-0.05, 0) is 303 Å². The number of nitrogens with zero attached hydrogens (tertiary/aromatic N) is 1. The third kappa shape index (κ3) is 18.8. The molecule has 0 bridgehead atoms. The van der Waals surface area contributed by atoms with Crippen LogP contribution in [0.3, 0.4) is 0 Å². The minimum Gasteiger partial charge on any atom is -0.309 e. The van der Waals surface area contributed by atoms with E-state index in [1.165, 1.54) is 453 Å². The van der Waals surface area contributed by atoms with Crippen molar-refractivity contribution in [1.29, 1.82) is 0 Å². The van der Waals surface area contributed by atoms with E-state index in [2.05, 4.69) is 363 Å². The van der Waals surface area contributed by atoms with Crippen LogP contribution in [0.15, 0.2) is 261 Å². The topological polar surface area (TPSA) is 3.24 Å². The molecule has 0 N–H and O–H groups in total. The van der Waals surface area contributed by atoms with Gasteiger partial charge in [0, 0.05) is 49.0 Å². The zero-order valence-corrected chi connectivity index (χ0v) is 91.5. The summed E-state index contributed by atoms with van der Waals surface area (Å²) in [5.41, 5.74) is 50.3. The molecule has 0 spiro atoms. The van der Waals surface area contributed by atoms with E-state index in [4.69, 9.17) is 0 Å². The van der Waals surface area contributed by atoms with Gasteiger partial charge in [-0.2, -0.15) is 0 Å². The molecule has 0 aliphatic heterocycles. The Morgan fingerprint density at radius 3 is 0.800 bits per heavy atom. The number of benzene rings is 14. The normalized spacial score (nSPS) is 15.1. The van der Waals surface area contributed by atoms with E-state index >= 15 is 0 Å². The first-order valence-corrected chi connectivity index (χ1v) is 58.7. The van der Waals surface area contributed by atoms with Crippen LogP contribution in [0.5, 0.6) is 0 Å². The van der Waals surface area contributed by atoms with Crippen molar-refractivity contribution in [3.63, 3.8) is 0 Å². The van der Waals surface area contributed by atoms with Crippen LogP contribution < -0.4 is 4.90 Å². The summed E-state index contributed by atoms with van der Waals surface area (Å²) in [5.74, 6) is 0. The highest BCUT2D eigenvalue weighted by atomic mass is 15.2. The van der Waals surface area contributed by atoms with Crippen molar-refractivity contribution in [3.05, 3.63) is 339 Å². The van der Waals surface area contributed by atoms with Crippen molar-refractivity contribution in [3.8, 4) is 111 Å². The molecule has 0 saturated heterocycles. The molecular weight excluding hydrogens is 1740 g/mol. The summed E-state index contributed by atoms with van der Waals surface area (Å²) in [6.45, 7) is 34.1. The summed E-state index contributed by atoms with van der Waals surface area (Å²) in [4.78, 5) is 2.78. The number of anilines is 3. The van der Waals surface area contributed by atoms with E-state index in [9.17, 15) is 0 Å². The van der Waals surface area contributed by atoms with Crippen molar-refractivity contribution >= 4 is 27.8 Å². The summed E-state index contributed by atoms with van der Waals surface area (Å²) < 4.78 is 0. The molecule has 1 nitrogen and oxygen atoms in total. The van der Waals surface area contributed by atoms with E-state index in [0.717, 1.165) is 0 Å². The van der Waals surface area contributed by atoms with Crippen LogP contribution in [0.25, 0.3) is 122 Å². The number of hydrogen-bond acceptors (Lipinski definition) is 1. The Hall–Kier alpha value is -10.9. The van der Waals surface area contributed by atoms with Crippen molar-refractivity contribution in [2.75, 3.05) is 4.90 Å². The molecule has 0 amide bonds. The predicted octanol–water partition coefficient (Wildman–Crippen LogP) is 43.8. The number of aryl methyl sites for hydroxylation is 2. The maximum Gasteiger partial charge on any atom is 0.0544 e. The summed E-state index contributed by atoms with van der Waals surface area (Å²) in [6.07, 6.45) is 54.7. The SMILES string of the molecule is CCCCCCCCC1(CCCCCCCC)c2ccccc2-c2cc(-c3ccc4c(c3)C(C)(C)c3cc(-c5c(C)cccc5N(c5cccc(C)c5-c5ccc6c(c5)C(C)(C)c5cc(-c7ccc8c(c7)-c7ccccc7C8(CCCCCCCC)CCCCCCCC)ccc5-6)c5cc6c(c7ccccc57)-c5cc7c(cc5C6(C)C)-c5ccccc5C7(CCCCCCCC)CCCCCCCC)ccc3-4)ccc21. The summed E-state index contributed by atoms with van der Waals surface area (Å²) >= 11 is 0. The van der Waals surface area contributed by atoms with Gasteiger partial charge >= 0.3 is 0 Å². The highest BCUT2D eigenvalue weighted by Crippen LogP contribution is 2.65. The van der Waals surface area contributed by atoms with Gasteiger partial charge in [0.25, 0.3) is 0 Å². The Bertz CT molecular complexity index is 6650. The molecule has 0 saturated carbocycles. The van der Waals surface area contributed by atoms with Gasteiger partial charge in [0.2, 0.25) is 0 Å². The lowest BCUT2D eigenvalue weighted by atomic mass is 9.70. The molecule has 0 aromatic heterocycles. The van der Waals surface area contributed by atoms with Crippen LogP contribution in [0.4, 0.5) is 17.1 Å². The predicted molar refractivity (Wildman–Crippen MR) is 629 cm³/mol. The molecule has 0 fully saturated rings. The molecule has 14 aromatic rings. The van der Waals surface area contributed by atoms with Gasteiger partial charge in [-0.1, -0.05) is 508 Å². The summed E-state index contributed by atoms with van der Waals surface area (Å²) in [7, 11) is 0. The second kappa shape index (κ2) is 43.9. The lowest BCUT2D eigenvalue weighted by Gasteiger charge is -2.34. The second-order valence-electron chi connectivity index (χ2n) is 47.5. The molecule has 20 rings (SSSR count). The molecular formula is C144H169N. The van der Waals surface area contributed by atoms with Crippen LogP contribution in [0.2, 0.25) is 0 Å². The van der Waals surface area contributed by atoms with Crippen LogP contribution in [-0.4, -0.2) is 0 Å². The highest BCUT2D eigenvalue weighted by Gasteiger charge is 2.50. The van der Waals surface area contributed by atoms with E-state index < -0.39 is 0 Å². The minimum absolute atomic E-state index is 0.0460. The van der Waals surface area contributed by atoms with E-state index in [-0.39, 0.29) is 32.5 Å². The number of fused-ring (bicyclic) bond motifs is 20. The van der Waals surface area contributed by atoms with E-state index in [1.807, 2.05) is 0 Å². The largest absolute Gasteiger partial charge is 0.309 e. The van der Waals surface area contributed by atoms with Gasteiger partial charge in [-0.3, -0.25) is 0 Å². The third-order valence-corrected chi connectivity index (χ3v) is 37.1. The number of unbranched alkanes of at least 4 members (excludes halogenated alkanes) is 30. The summed E-state index contributed by atoms with van der Waals surface area (Å²) in [5, 5.41) is 2.59. The van der Waals surface area contributed by atoms with Crippen molar-refractivity contribution in [2.45, 2.75) is 399 Å². The van der Waals surface area contributed by atoms with E-state index in [1.54, 1.807) is 33.4 Å². The van der Waals surface area contributed by atoms with Crippen LogP contribution in [-0.2, 0) is 32.5 Å². The molecule has 0 heterocycles. The third-order valence-electron chi connectivity index (χ3n) is 37.1. The Balaban J connectivity index is 0.702. The Morgan fingerprint density at radius 2 is 0.434 bits per heavy atom. The average molecular weight is 1910 g/mol. The average Bonchev–Trinajstić information content (AvgIpc) is 1.52. The van der Waals surface area contributed by atoms with E-state index in [0.29, 0.717) is 0 Å². The number of rotatable bonds is 49. The molecule has 145 heavy (non-hydrogen) atoms. The van der Waals surface area contributed by atoms with Gasteiger partial charge in [-0.25, -0.2) is 0 Å². The van der Waals surface area contributed by atoms with Crippen molar-refractivity contribution in [2.24, 2.45) is 0 Å². The Labute approximate surface area is 875 Å². The quantitative estimate of drug-likeness (QED) is 0.0344. The van der Waals surface area contributed by atoms with Gasteiger partial charge in [0.15, 0.2) is 0 Å². The van der Waals surface area contributed by atoms with Gasteiger partial charge in [0.05, 0.1) is 17.1 Å². The van der Waals surface area contributed by atoms with Gasteiger partial charge < -0.3 is 4.90 Å². The van der Waals surface area contributed by atoms with Crippen molar-refractivity contribution in [1.82, 2.24) is 0 Å². The van der Waals surface area contributed by atoms with Crippen molar-refractivity contribution < 1.29 is 0 Å². The molecule has 6 aliphatic rings. The molecule has 1 heteroatoms. The number of hydrogen-bond donors (Lipinski definition) is 0.